The van der Waals surface area contributed by atoms with Crippen LogP contribution in [0.5, 0.6) is 5.75 Å². The summed E-state index contributed by atoms with van der Waals surface area (Å²) in [6, 6.07) is 5.91. The van der Waals surface area contributed by atoms with Gasteiger partial charge in [0.2, 0.25) is 0 Å². The van der Waals surface area contributed by atoms with Crippen LogP contribution in [0.3, 0.4) is 0 Å². The highest BCUT2D eigenvalue weighted by molar-refractivity contribution is 5.92. The number of fused-ring (bicyclic) bond motifs is 1. The Morgan fingerprint density at radius 3 is 2.86 bits per heavy atom. The Bertz CT molecular complexity index is 640. The molecule has 4 rings (SSSR count). The van der Waals surface area contributed by atoms with E-state index < -0.39 is 0 Å². The molecule has 0 unspecified atom stereocenters. The van der Waals surface area contributed by atoms with Gasteiger partial charge in [0.15, 0.2) is 0 Å². The van der Waals surface area contributed by atoms with Crippen LogP contribution in [0.1, 0.15) is 29.0 Å². The van der Waals surface area contributed by atoms with Gasteiger partial charge >= 0.3 is 0 Å². The molecule has 0 radical (unpaired) electrons. The standard InChI is InChI=1S/C15H16N4O2/c20-15(17-10-1-2-10)14-8-11-7-13(9-19(11)18-14)21-12-3-5-16-6-4-12/h3-6,8,10,13H,1-2,7,9H2,(H,17,20)/t13-/m0/s1. The number of nitrogens with one attached hydrogen (secondary N) is 1. The van der Waals surface area contributed by atoms with Crippen molar-refractivity contribution >= 4 is 5.91 Å². The largest absolute Gasteiger partial charge is 0.488 e. The number of hydrogen-bond donors (Lipinski definition) is 1. The lowest BCUT2D eigenvalue weighted by atomic mass is 10.2. The molecule has 0 bridgehead atoms. The van der Waals surface area contributed by atoms with Crippen LogP contribution in [0.25, 0.3) is 0 Å². The first kappa shape index (κ1) is 12.4. The van der Waals surface area contributed by atoms with E-state index in [1.165, 1.54) is 0 Å². The molecule has 2 aliphatic rings. The predicted octanol–water partition coefficient (Wildman–Crippen LogP) is 1.17. The summed E-state index contributed by atoms with van der Waals surface area (Å²) in [6.07, 6.45) is 6.43. The Balaban J connectivity index is 1.41. The molecule has 1 aliphatic carbocycles. The van der Waals surface area contributed by atoms with E-state index in [1.807, 2.05) is 22.9 Å². The highest BCUT2D eigenvalue weighted by Gasteiger charge is 2.29. The molecule has 1 atom stereocenters. The normalized spacial score (nSPS) is 20.1. The molecule has 2 aromatic rings. The molecule has 0 aromatic carbocycles. The fourth-order valence-corrected chi connectivity index (χ4v) is 2.55. The van der Waals surface area contributed by atoms with Crippen LogP contribution in [0, 0.1) is 0 Å². The van der Waals surface area contributed by atoms with Gasteiger partial charge in [-0.2, -0.15) is 5.10 Å². The van der Waals surface area contributed by atoms with Gasteiger partial charge in [0.1, 0.15) is 17.5 Å². The van der Waals surface area contributed by atoms with Crippen LogP contribution in [-0.4, -0.2) is 32.8 Å². The highest BCUT2D eigenvalue weighted by atomic mass is 16.5. The summed E-state index contributed by atoms with van der Waals surface area (Å²) < 4.78 is 7.76. The van der Waals surface area contributed by atoms with Crippen LogP contribution in [0.15, 0.2) is 30.6 Å². The summed E-state index contributed by atoms with van der Waals surface area (Å²) in [4.78, 5) is 15.9. The third-order valence-corrected chi connectivity index (χ3v) is 3.77. The fraction of sp³-hybridized carbons (Fsp3) is 0.400. The topological polar surface area (TPSA) is 69.0 Å². The fourth-order valence-electron chi connectivity index (χ4n) is 2.55. The van der Waals surface area contributed by atoms with E-state index in [9.17, 15) is 4.79 Å². The zero-order valence-corrected chi connectivity index (χ0v) is 11.5. The summed E-state index contributed by atoms with van der Waals surface area (Å²) >= 11 is 0. The van der Waals surface area contributed by atoms with E-state index in [1.54, 1.807) is 12.4 Å². The number of aromatic nitrogens is 3. The summed E-state index contributed by atoms with van der Waals surface area (Å²) in [5.74, 6) is 0.749. The van der Waals surface area contributed by atoms with Crippen molar-refractivity contribution < 1.29 is 9.53 Å². The molecule has 1 amide bonds. The minimum absolute atomic E-state index is 0.0639. The Morgan fingerprint density at radius 1 is 1.33 bits per heavy atom. The molecule has 0 spiro atoms. The van der Waals surface area contributed by atoms with Crippen LogP contribution in [-0.2, 0) is 13.0 Å². The van der Waals surface area contributed by atoms with Crippen molar-refractivity contribution in [1.29, 1.82) is 0 Å². The number of rotatable bonds is 4. The zero-order valence-electron chi connectivity index (χ0n) is 11.5. The second-order valence-electron chi connectivity index (χ2n) is 5.58. The van der Waals surface area contributed by atoms with Crippen molar-refractivity contribution in [3.63, 3.8) is 0 Å². The van der Waals surface area contributed by atoms with Crippen LogP contribution < -0.4 is 10.1 Å². The lowest BCUT2D eigenvalue weighted by Crippen LogP contribution is -2.26. The third kappa shape index (κ3) is 2.61. The molecule has 1 fully saturated rings. The van der Waals surface area contributed by atoms with Crippen LogP contribution in [0.4, 0.5) is 0 Å². The van der Waals surface area contributed by atoms with Crippen molar-refractivity contribution in [3.05, 3.63) is 42.0 Å². The SMILES string of the molecule is O=C(NC1CC1)c1cc2n(n1)C[C@@H](Oc1ccncc1)C2. The molecule has 6 nitrogen and oxygen atoms in total. The minimum Gasteiger partial charge on any atom is -0.488 e. The maximum Gasteiger partial charge on any atom is 0.272 e. The first-order valence-electron chi connectivity index (χ1n) is 7.22. The smallest absolute Gasteiger partial charge is 0.272 e. The van der Waals surface area contributed by atoms with Gasteiger partial charge in [-0.25, -0.2) is 0 Å². The number of nitrogens with zero attached hydrogens (tertiary/aromatic N) is 3. The van der Waals surface area contributed by atoms with E-state index in [4.69, 9.17) is 4.74 Å². The molecule has 6 heteroatoms. The molecular formula is C15H16N4O2. The summed E-state index contributed by atoms with van der Waals surface area (Å²) in [5, 5.41) is 7.33. The Morgan fingerprint density at radius 2 is 2.14 bits per heavy atom. The lowest BCUT2D eigenvalue weighted by Gasteiger charge is -2.12. The molecule has 108 valence electrons. The lowest BCUT2D eigenvalue weighted by molar-refractivity contribution is 0.0944. The number of amides is 1. The average Bonchev–Trinajstić information content (AvgIpc) is 3.07. The molecule has 3 heterocycles. The number of carbonyl (C=O) groups is 1. The molecule has 1 N–H and O–H groups in total. The first-order chi connectivity index (χ1) is 10.3. The highest BCUT2D eigenvalue weighted by Crippen LogP contribution is 2.22. The van der Waals surface area contributed by atoms with E-state index in [-0.39, 0.29) is 12.0 Å². The summed E-state index contributed by atoms with van der Waals surface area (Å²) in [6.45, 7) is 0.675. The number of carbonyl (C=O) groups excluding carboxylic acids is 1. The van der Waals surface area contributed by atoms with Gasteiger partial charge in [-0.05, 0) is 31.0 Å². The van der Waals surface area contributed by atoms with Crippen molar-refractivity contribution in [2.24, 2.45) is 0 Å². The average molecular weight is 284 g/mol. The van der Waals surface area contributed by atoms with Gasteiger partial charge in [0.25, 0.3) is 5.91 Å². The first-order valence-corrected chi connectivity index (χ1v) is 7.22. The Labute approximate surface area is 122 Å². The minimum atomic E-state index is -0.0639. The second kappa shape index (κ2) is 4.87. The number of ether oxygens (including phenoxy) is 1. The predicted molar refractivity (Wildman–Crippen MR) is 75.1 cm³/mol. The number of pyridine rings is 1. The molecule has 0 saturated heterocycles. The van der Waals surface area contributed by atoms with Gasteiger partial charge in [0, 0.05) is 30.6 Å². The van der Waals surface area contributed by atoms with Gasteiger partial charge in [-0.1, -0.05) is 0 Å². The van der Waals surface area contributed by atoms with E-state index in [0.29, 0.717) is 18.3 Å². The zero-order chi connectivity index (χ0) is 14.2. The maximum atomic E-state index is 11.9. The second-order valence-corrected chi connectivity index (χ2v) is 5.58. The summed E-state index contributed by atoms with van der Waals surface area (Å²) in [7, 11) is 0. The number of hydrogen-bond acceptors (Lipinski definition) is 4. The molecule has 1 aliphatic heterocycles. The monoisotopic (exact) mass is 284 g/mol. The quantitative estimate of drug-likeness (QED) is 0.915. The van der Waals surface area contributed by atoms with Gasteiger partial charge in [-0.3, -0.25) is 14.5 Å². The van der Waals surface area contributed by atoms with Crippen molar-refractivity contribution in [2.45, 2.75) is 38.0 Å². The van der Waals surface area contributed by atoms with Crippen LogP contribution >= 0.6 is 0 Å². The third-order valence-electron chi connectivity index (χ3n) is 3.77. The summed E-state index contributed by atoms with van der Waals surface area (Å²) in [5.41, 5.74) is 1.56. The van der Waals surface area contributed by atoms with Crippen molar-refractivity contribution in [2.75, 3.05) is 0 Å². The van der Waals surface area contributed by atoms with Crippen molar-refractivity contribution in [3.8, 4) is 5.75 Å². The Hall–Kier alpha value is -2.37. The van der Waals surface area contributed by atoms with E-state index in [0.717, 1.165) is 30.7 Å². The van der Waals surface area contributed by atoms with Gasteiger partial charge in [0.05, 0.1) is 6.54 Å². The Kier molecular flexibility index (Phi) is 2.87. The molecule has 2 aromatic heterocycles. The van der Waals surface area contributed by atoms with Gasteiger partial charge in [-0.15, -0.1) is 0 Å². The van der Waals surface area contributed by atoms with Crippen molar-refractivity contribution in [1.82, 2.24) is 20.1 Å². The molecule has 21 heavy (non-hydrogen) atoms. The molecular weight excluding hydrogens is 268 g/mol. The van der Waals surface area contributed by atoms with E-state index >= 15 is 0 Å². The molecule has 1 saturated carbocycles. The van der Waals surface area contributed by atoms with Crippen LogP contribution in [0.2, 0.25) is 0 Å². The van der Waals surface area contributed by atoms with Gasteiger partial charge < -0.3 is 10.1 Å². The maximum absolute atomic E-state index is 11.9. The van der Waals surface area contributed by atoms with E-state index in [2.05, 4.69) is 15.4 Å².